The van der Waals surface area contributed by atoms with Gasteiger partial charge in [-0.25, -0.2) is 0 Å². The summed E-state index contributed by atoms with van der Waals surface area (Å²) < 4.78 is 0. The molecule has 0 saturated carbocycles. The lowest BCUT2D eigenvalue weighted by Gasteiger charge is -2.12. The Morgan fingerprint density at radius 1 is 1.25 bits per heavy atom. The monoisotopic (exact) mass is 159 g/mol. The molecule has 0 amide bonds. The second-order valence-corrected chi connectivity index (χ2v) is 3.20. The number of rotatable bonds is 1. The minimum atomic E-state index is 0.450. The third-order valence-electron chi connectivity index (χ3n) is 2.33. The predicted molar refractivity (Wildman–Crippen MR) is 50.9 cm³/mol. The molecule has 0 fully saturated rings. The summed E-state index contributed by atoms with van der Waals surface area (Å²) in [5, 5.41) is 3.43. The van der Waals surface area contributed by atoms with Gasteiger partial charge in [0.1, 0.15) is 0 Å². The number of nitrogens with one attached hydrogen (secondary N) is 1. The zero-order chi connectivity index (χ0) is 8.39. The molecule has 62 valence electrons. The highest BCUT2D eigenvalue weighted by Gasteiger charge is 2.15. The molecule has 2 rings (SSSR count). The van der Waals surface area contributed by atoms with Gasteiger partial charge >= 0.3 is 0 Å². The average molecular weight is 159 g/mol. The summed E-state index contributed by atoms with van der Waals surface area (Å²) in [5.41, 5.74) is 2.80. The SMILES string of the molecule is CC1=CCNC1c1ccccc1. The molecule has 1 nitrogen and oxygen atoms in total. The van der Waals surface area contributed by atoms with E-state index in [1.165, 1.54) is 11.1 Å². The van der Waals surface area contributed by atoms with Gasteiger partial charge in [-0.15, -0.1) is 0 Å². The summed E-state index contributed by atoms with van der Waals surface area (Å²) in [6.45, 7) is 3.18. The minimum Gasteiger partial charge on any atom is -0.303 e. The number of hydrogen-bond acceptors (Lipinski definition) is 1. The molecule has 0 spiro atoms. The van der Waals surface area contributed by atoms with Gasteiger partial charge in [0, 0.05) is 6.54 Å². The lowest BCUT2D eigenvalue weighted by molar-refractivity contribution is 0.687. The summed E-state index contributed by atoms with van der Waals surface area (Å²) in [5.74, 6) is 0. The van der Waals surface area contributed by atoms with Crippen LogP contribution in [0.25, 0.3) is 0 Å². The summed E-state index contributed by atoms with van der Waals surface area (Å²) in [4.78, 5) is 0. The molecule has 1 N–H and O–H groups in total. The van der Waals surface area contributed by atoms with E-state index in [2.05, 4.69) is 48.6 Å². The van der Waals surface area contributed by atoms with Gasteiger partial charge in [-0.05, 0) is 12.5 Å². The van der Waals surface area contributed by atoms with Gasteiger partial charge in [0.15, 0.2) is 0 Å². The van der Waals surface area contributed by atoms with E-state index < -0.39 is 0 Å². The summed E-state index contributed by atoms with van der Waals surface area (Å²) >= 11 is 0. The van der Waals surface area contributed by atoms with Crippen molar-refractivity contribution in [1.29, 1.82) is 0 Å². The Bertz CT molecular complexity index is 287. The first kappa shape index (κ1) is 7.56. The second-order valence-electron chi connectivity index (χ2n) is 3.20. The minimum absolute atomic E-state index is 0.450. The second kappa shape index (κ2) is 3.11. The van der Waals surface area contributed by atoms with Gasteiger partial charge in [0.25, 0.3) is 0 Å². The van der Waals surface area contributed by atoms with Crippen LogP contribution in [0.2, 0.25) is 0 Å². The molecule has 1 aromatic rings. The fraction of sp³-hybridized carbons (Fsp3) is 0.273. The van der Waals surface area contributed by atoms with Crippen LogP contribution in [-0.2, 0) is 0 Å². The van der Waals surface area contributed by atoms with Crippen LogP contribution in [0, 0.1) is 0 Å². The summed E-state index contributed by atoms with van der Waals surface area (Å²) in [6, 6.07) is 11.0. The Kier molecular flexibility index (Phi) is 1.96. The van der Waals surface area contributed by atoms with Crippen LogP contribution < -0.4 is 5.32 Å². The van der Waals surface area contributed by atoms with E-state index in [1.54, 1.807) is 0 Å². The van der Waals surface area contributed by atoms with Gasteiger partial charge in [0.05, 0.1) is 6.04 Å². The number of benzene rings is 1. The van der Waals surface area contributed by atoms with Crippen LogP contribution >= 0.6 is 0 Å². The molecule has 0 radical (unpaired) electrons. The Balaban J connectivity index is 2.27. The fourth-order valence-corrected chi connectivity index (χ4v) is 1.64. The van der Waals surface area contributed by atoms with Gasteiger partial charge in [-0.2, -0.15) is 0 Å². The van der Waals surface area contributed by atoms with Crippen molar-refractivity contribution >= 4 is 0 Å². The summed E-state index contributed by atoms with van der Waals surface area (Å²) in [7, 11) is 0. The maximum atomic E-state index is 3.43. The van der Waals surface area contributed by atoms with Crippen LogP contribution in [0.1, 0.15) is 18.5 Å². The normalized spacial score (nSPS) is 22.4. The Labute approximate surface area is 73.1 Å². The zero-order valence-electron chi connectivity index (χ0n) is 7.25. The van der Waals surface area contributed by atoms with Crippen LogP contribution in [0.4, 0.5) is 0 Å². The quantitative estimate of drug-likeness (QED) is 0.620. The lowest BCUT2D eigenvalue weighted by atomic mass is 10.0. The van der Waals surface area contributed by atoms with Gasteiger partial charge in [-0.3, -0.25) is 0 Å². The van der Waals surface area contributed by atoms with Gasteiger partial charge < -0.3 is 5.32 Å². The molecule has 0 aromatic heterocycles. The Morgan fingerprint density at radius 2 is 2.00 bits per heavy atom. The first-order valence-electron chi connectivity index (χ1n) is 4.33. The lowest BCUT2D eigenvalue weighted by Crippen LogP contribution is -2.15. The molecule has 1 atom stereocenters. The van der Waals surface area contributed by atoms with Crippen molar-refractivity contribution in [3.8, 4) is 0 Å². The van der Waals surface area contributed by atoms with Crippen LogP contribution in [0.3, 0.4) is 0 Å². The molecule has 1 aliphatic heterocycles. The van der Waals surface area contributed by atoms with Gasteiger partial charge in [-0.1, -0.05) is 42.0 Å². The molecule has 0 bridgehead atoms. The van der Waals surface area contributed by atoms with Gasteiger partial charge in [0.2, 0.25) is 0 Å². The Hall–Kier alpha value is -1.08. The van der Waals surface area contributed by atoms with Crippen molar-refractivity contribution in [2.75, 3.05) is 6.54 Å². The van der Waals surface area contributed by atoms with E-state index in [1.807, 2.05) is 0 Å². The van der Waals surface area contributed by atoms with Crippen molar-refractivity contribution in [3.63, 3.8) is 0 Å². The highest BCUT2D eigenvalue weighted by Crippen LogP contribution is 2.23. The van der Waals surface area contributed by atoms with Crippen molar-refractivity contribution < 1.29 is 0 Å². The average Bonchev–Trinajstić information content (AvgIpc) is 2.53. The first-order valence-corrected chi connectivity index (χ1v) is 4.33. The third-order valence-corrected chi connectivity index (χ3v) is 2.33. The standard InChI is InChI=1S/C11H13N/c1-9-7-8-12-11(9)10-5-3-2-4-6-10/h2-7,11-12H,8H2,1H3. The van der Waals surface area contributed by atoms with Crippen LogP contribution in [0.15, 0.2) is 42.0 Å². The van der Waals surface area contributed by atoms with Crippen molar-refractivity contribution in [2.45, 2.75) is 13.0 Å². The van der Waals surface area contributed by atoms with Crippen molar-refractivity contribution in [3.05, 3.63) is 47.5 Å². The first-order chi connectivity index (χ1) is 5.88. The molecule has 1 heteroatoms. The third kappa shape index (κ3) is 1.28. The molecule has 0 saturated heterocycles. The maximum Gasteiger partial charge on any atom is 0.0536 e. The van der Waals surface area contributed by atoms with Crippen molar-refractivity contribution in [1.82, 2.24) is 5.32 Å². The molecular formula is C11H13N. The summed E-state index contributed by atoms with van der Waals surface area (Å²) in [6.07, 6.45) is 2.25. The molecule has 1 unspecified atom stereocenters. The maximum absolute atomic E-state index is 3.43. The highest BCUT2D eigenvalue weighted by atomic mass is 14.9. The molecule has 1 aromatic carbocycles. The molecule has 1 aliphatic rings. The van der Waals surface area contributed by atoms with E-state index in [0.717, 1.165) is 6.54 Å². The molecule has 1 heterocycles. The largest absolute Gasteiger partial charge is 0.303 e. The van der Waals surface area contributed by atoms with E-state index >= 15 is 0 Å². The highest BCUT2D eigenvalue weighted by molar-refractivity contribution is 5.30. The predicted octanol–water partition coefficient (Wildman–Crippen LogP) is 2.28. The zero-order valence-corrected chi connectivity index (χ0v) is 7.25. The molecule has 0 aliphatic carbocycles. The molecular weight excluding hydrogens is 146 g/mol. The Morgan fingerprint density at radius 3 is 2.58 bits per heavy atom. The van der Waals surface area contributed by atoms with Crippen LogP contribution in [0.5, 0.6) is 0 Å². The smallest absolute Gasteiger partial charge is 0.0536 e. The van der Waals surface area contributed by atoms with E-state index in [-0.39, 0.29) is 0 Å². The fourth-order valence-electron chi connectivity index (χ4n) is 1.64. The molecule has 12 heavy (non-hydrogen) atoms. The van der Waals surface area contributed by atoms with Crippen LogP contribution in [-0.4, -0.2) is 6.54 Å². The number of hydrogen-bond donors (Lipinski definition) is 1. The van der Waals surface area contributed by atoms with Crippen molar-refractivity contribution in [2.24, 2.45) is 0 Å². The van der Waals surface area contributed by atoms with E-state index in [9.17, 15) is 0 Å². The van der Waals surface area contributed by atoms with E-state index in [4.69, 9.17) is 0 Å². The topological polar surface area (TPSA) is 12.0 Å². The van der Waals surface area contributed by atoms with E-state index in [0.29, 0.717) is 6.04 Å².